The van der Waals surface area contributed by atoms with Gasteiger partial charge in [0, 0.05) is 16.8 Å². The van der Waals surface area contributed by atoms with E-state index in [9.17, 15) is 9.18 Å². The number of hydrogen-bond donors (Lipinski definition) is 1. The Kier molecular flexibility index (Phi) is 6.39. The van der Waals surface area contributed by atoms with Gasteiger partial charge in [0.15, 0.2) is 0 Å². The maximum absolute atomic E-state index is 13.7. The number of nitrogens with zero attached hydrogens (tertiary/aromatic N) is 2. The third-order valence-corrected chi connectivity index (χ3v) is 4.44. The van der Waals surface area contributed by atoms with Gasteiger partial charge in [-0.05, 0) is 49.2 Å². The molecule has 0 fully saturated rings. The minimum atomic E-state index is -0.512. The molecule has 0 bridgehead atoms. The highest BCUT2D eigenvalue weighted by atomic mass is 35.5. The van der Waals surface area contributed by atoms with Gasteiger partial charge >= 0.3 is 5.56 Å². The molecule has 1 aromatic heterocycles. The summed E-state index contributed by atoms with van der Waals surface area (Å²) in [6.45, 7) is 4.60. The van der Waals surface area contributed by atoms with Crippen molar-refractivity contribution in [2.75, 3.05) is 19.0 Å². The van der Waals surface area contributed by atoms with Crippen molar-refractivity contribution in [2.24, 2.45) is 0 Å². The Morgan fingerprint density at radius 2 is 2.03 bits per heavy atom. The molecule has 8 heteroatoms. The summed E-state index contributed by atoms with van der Waals surface area (Å²) in [4.78, 5) is 16.3. The molecule has 3 rings (SSSR count). The van der Waals surface area contributed by atoms with Gasteiger partial charge in [0.1, 0.15) is 11.6 Å². The highest BCUT2D eigenvalue weighted by Gasteiger charge is 2.12. The Morgan fingerprint density at radius 1 is 1.24 bits per heavy atom. The van der Waals surface area contributed by atoms with E-state index in [-0.39, 0.29) is 23.3 Å². The predicted molar refractivity (Wildman–Crippen MR) is 111 cm³/mol. The highest BCUT2D eigenvalue weighted by Crippen LogP contribution is 2.26. The molecule has 3 aromatic rings. The molecule has 1 N–H and O–H groups in total. The van der Waals surface area contributed by atoms with Crippen molar-refractivity contribution in [1.29, 1.82) is 0 Å². The van der Waals surface area contributed by atoms with Crippen LogP contribution in [-0.4, -0.2) is 23.3 Å². The number of ether oxygens (including phenoxy) is 2. The van der Waals surface area contributed by atoms with E-state index in [4.69, 9.17) is 21.1 Å². The van der Waals surface area contributed by atoms with Crippen molar-refractivity contribution in [1.82, 2.24) is 9.55 Å². The van der Waals surface area contributed by atoms with Crippen LogP contribution in [0.1, 0.15) is 18.1 Å². The Labute approximate surface area is 172 Å². The van der Waals surface area contributed by atoms with Crippen LogP contribution in [0.25, 0.3) is 0 Å². The first kappa shape index (κ1) is 20.7. The average Bonchev–Trinajstić information content (AvgIpc) is 2.66. The molecule has 1 heterocycles. The molecule has 0 radical (unpaired) electrons. The second-order valence-electron chi connectivity index (χ2n) is 6.38. The van der Waals surface area contributed by atoms with Gasteiger partial charge in [-0.15, -0.1) is 0 Å². The highest BCUT2D eigenvalue weighted by molar-refractivity contribution is 6.30. The number of benzene rings is 2. The number of aromatic nitrogens is 2. The molecule has 0 atom stereocenters. The van der Waals surface area contributed by atoms with E-state index < -0.39 is 11.4 Å². The molecule has 152 valence electrons. The number of hydrogen-bond acceptors (Lipinski definition) is 5. The zero-order chi connectivity index (χ0) is 21.0. The number of halogens is 2. The monoisotopic (exact) mass is 417 g/mol. The smallest absolute Gasteiger partial charge is 0.316 e. The molecule has 0 unspecified atom stereocenters. The molecule has 0 amide bonds. The topological polar surface area (TPSA) is 65.4 Å². The number of anilines is 2. The SMILES string of the molecule is CCOc1ccc(C)c(Nc2nc(=O)c(OC)cn2Cc2cc(F)cc(Cl)c2)c1. The van der Waals surface area contributed by atoms with Crippen LogP contribution in [0.5, 0.6) is 11.5 Å². The number of nitrogens with one attached hydrogen (secondary N) is 1. The molecule has 0 aliphatic rings. The number of methoxy groups -OCH3 is 1. The number of rotatable bonds is 7. The summed E-state index contributed by atoms with van der Waals surface area (Å²) in [5.41, 5.74) is 1.78. The lowest BCUT2D eigenvalue weighted by Crippen LogP contribution is -2.19. The largest absolute Gasteiger partial charge is 0.494 e. The van der Waals surface area contributed by atoms with Crippen molar-refractivity contribution >= 4 is 23.2 Å². The van der Waals surface area contributed by atoms with Gasteiger partial charge in [0.2, 0.25) is 11.7 Å². The standard InChI is InChI=1S/C21H21ClFN3O3/c1-4-29-17-6-5-13(2)18(10-17)24-21-25-20(27)19(28-3)12-26(21)11-14-7-15(22)9-16(23)8-14/h5-10,12H,4,11H2,1-3H3,(H,24,25,27). The van der Waals surface area contributed by atoms with E-state index in [0.29, 0.717) is 17.9 Å². The van der Waals surface area contributed by atoms with E-state index in [1.807, 2.05) is 32.0 Å². The molecule has 0 saturated heterocycles. The summed E-state index contributed by atoms with van der Waals surface area (Å²) >= 11 is 5.97. The minimum Gasteiger partial charge on any atom is -0.494 e. The van der Waals surface area contributed by atoms with E-state index in [2.05, 4.69) is 10.3 Å². The summed E-state index contributed by atoms with van der Waals surface area (Å²) in [5.74, 6) is 0.619. The fourth-order valence-electron chi connectivity index (χ4n) is 2.85. The minimum absolute atomic E-state index is 0.0813. The van der Waals surface area contributed by atoms with Gasteiger partial charge in [-0.25, -0.2) is 4.39 Å². The van der Waals surface area contributed by atoms with Gasteiger partial charge in [0.25, 0.3) is 0 Å². The molecule has 6 nitrogen and oxygen atoms in total. The van der Waals surface area contributed by atoms with Crippen LogP contribution >= 0.6 is 11.6 Å². The van der Waals surface area contributed by atoms with Crippen LogP contribution in [0.2, 0.25) is 5.02 Å². The summed E-state index contributed by atoms with van der Waals surface area (Å²) in [7, 11) is 1.39. The van der Waals surface area contributed by atoms with E-state index in [1.165, 1.54) is 25.4 Å². The molecule has 0 spiro atoms. The average molecular weight is 418 g/mol. The van der Waals surface area contributed by atoms with Gasteiger partial charge < -0.3 is 19.4 Å². The van der Waals surface area contributed by atoms with Crippen LogP contribution in [0, 0.1) is 12.7 Å². The Morgan fingerprint density at radius 3 is 2.72 bits per heavy atom. The van der Waals surface area contributed by atoms with Gasteiger partial charge in [-0.2, -0.15) is 4.98 Å². The lowest BCUT2D eigenvalue weighted by Gasteiger charge is -2.17. The number of aryl methyl sites for hydroxylation is 1. The Balaban J connectivity index is 2.03. The van der Waals surface area contributed by atoms with Gasteiger partial charge in [0.05, 0.1) is 26.5 Å². The summed E-state index contributed by atoms with van der Waals surface area (Å²) in [6.07, 6.45) is 1.53. The molecule has 0 aliphatic heterocycles. The van der Waals surface area contributed by atoms with Gasteiger partial charge in [-0.3, -0.25) is 4.79 Å². The van der Waals surface area contributed by atoms with Crippen molar-refractivity contribution in [3.8, 4) is 11.5 Å². The third kappa shape index (κ3) is 5.06. The van der Waals surface area contributed by atoms with E-state index >= 15 is 0 Å². The second-order valence-corrected chi connectivity index (χ2v) is 6.81. The Bertz CT molecular complexity index is 1070. The zero-order valence-electron chi connectivity index (χ0n) is 16.3. The first-order valence-corrected chi connectivity index (χ1v) is 9.38. The van der Waals surface area contributed by atoms with Crippen LogP contribution < -0.4 is 20.3 Å². The fourth-order valence-corrected chi connectivity index (χ4v) is 3.09. The second kappa shape index (κ2) is 8.96. The maximum Gasteiger partial charge on any atom is 0.316 e. The van der Waals surface area contributed by atoms with Crippen molar-refractivity contribution in [3.05, 3.63) is 74.9 Å². The quantitative estimate of drug-likeness (QED) is 0.611. The lowest BCUT2D eigenvalue weighted by atomic mass is 10.2. The van der Waals surface area contributed by atoms with Crippen LogP contribution in [0.4, 0.5) is 16.0 Å². The molecule has 29 heavy (non-hydrogen) atoms. The summed E-state index contributed by atoms with van der Waals surface area (Å²) in [6, 6.07) is 9.87. The lowest BCUT2D eigenvalue weighted by molar-refractivity contribution is 0.340. The zero-order valence-corrected chi connectivity index (χ0v) is 17.1. The first-order valence-electron chi connectivity index (χ1n) is 9.00. The molecular weight excluding hydrogens is 397 g/mol. The van der Waals surface area contributed by atoms with Crippen LogP contribution in [0.15, 0.2) is 47.4 Å². The summed E-state index contributed by atoms with van der Waals surface area (Å²) < 4.78 is 26.1. The molecular formula is C21H21ClFN3O3. The maximum atomic E-state index is 13.7. The van der Waals surface area contributed by atoms with Gasteiger partial charge in [-0.1, -0.05) is 17.7 Å². The molecule has 0 aliphatic carbocycles. The summed E-state index contributed by atoms with van der Waals surface area (Å²) in [5, 5.41) is 3.46. The molecule has 2 aromatic carbocycles. The van der Waals surface area contributed by atoms with Crippen molar-refractivity contribution in [3.63, 3.8) is 0 Å². The van der Waals surface area contributed by atoms with Crippen LogP contribution in [0.3, 0.4) is 0 Å². The van der Waals surface area contributed by atoms with Crippen molar-refractivity contribution in [2.45, 2.75) is 20.4 Å². The van der Waals surface area contributed by atoms with Crippen LogP contribution in [-0.2, 0) is 6.54 Å². The third-order valence-electron chi connectivity index (χ3n) is 4.23. The fraction of sp³-hybridized carbons (Fsp3) is 0.238. The van der Waals surface area contributed by atoms with E-state index in [1.54, 1.807) is 10.6 Å². The Hall–Kier alpha value is -3.06. The normalized spacial score (nSPS) is 10.7. The first-order chi connectivity index (χ1) is 13.9. The van der Waals surface area contributed by atoms with Crippen molar-refractivity contribution < 1.29 is 13.9 Å². The molecule has 0 saturated carbocycles. The van der Waals surface area contributed by atoms with E-state index in [0.717, 1.165) is 11.3 Å². The predicted octanol–water partition coefficient (Wildman–Crippen LogP) is 4.54.